The van der Waals surface area contributed by atoms with Gasteiger partial charge in [0.1, 0.15) is 13.1 Å². The van der Waals surface area contributed by atoms with Gasteiger partial charge in [0.25, 0.3) is 5.91 Å². The molecule has 218 valence electrons. The van der Waals surface area contributed by atoms with Gasteiger partial charge in [0.15, 0.2) is 0 Å². The highest BCUT2D eigenvalue weighted by Gasteiger charge is 2.43. The number of urea groups is 2. The molecule has 10 heteroatoms. The molecule has 0 spiro atoms. The first-order valence-corrected chi connectivity index (χ1v) is 14.2. The van der Waals surface area contributed by atoms with Crippen LogP contribution in [0.2, 0.25) is 0 Å². The molecule has 1 atom stereocenters. The summed E-state index contributed by atoms with van der Waals surface area (Å²) >= 11 is 0. The highest BCUT2D eigenvalue weighted by Crippen LogP contribution is 2.28. The van der Waals surface area contributed by atoms with E-state index in [-0.39, 0.29) is 48.5 Å². The second kappa shape index (κ2) is 14.3. The third-order valence-corrected chi connectivity index (χ3v) is 7.51. The van der Waals surface area contributed by atoms with Crippen molar-refractivity contribution >= 4 is 23.9 Å². The predicted octanol–water partition coefficient (Wildman–Crippen LogP) is 4.12. The Morgan fingerprint density at radius 3 is 2.00 bits per heavy atom. The molecule has 2 aliphatic rings. The highest BCUT2D eigenvalue weighted by atomic mass is 16.5. The highest BCUT2D eigenvalue weighted by molar-refractivity contribution is 6.03. The van der Waals surface area contributed by atoms with Crippen LogP contribution in [-0.2, 0) is 19.1 Å². The first-order chi connectivity index (χ1) is 17.8. The molecule has 2 fully saturated rings. The van der Waals surface area contributed by atoms with Gasteiger partial charge < -0.3 is 19.3 Å². The van der Waals surface area contributed by atoms with Gasteiger partial charge in [-0.1, -0.05) is 13.8 Å². The lowest BCUT2D eigenvalue weighted by atomic mass is 9.86. The van der Waals surface area contributed by atoms with Gasteiger partial charge in [-0.25, -0.2) is 9.59 Å². The molecule has 0 aromatic rings. The van der Waals surface area contributed by atoms with Crippen molar-refractivity contribution in [3.8, 4) is 0 Å². The van der Waals surface area contributed by atoms with E-state index in [1.165, 1.54) is 9.80 Å². The molecule has 1 unspecified atom stereocenters. The Balaban J connectivity index is 1.53. The molecule has 2 heterocycles. The van der Waals surface area contributed by atoms with E-state index in [4.69, 9.17) is 9.47 Å². The van der Waals surface area contributed by atoms with E-state index in [0.717, 1.165) is 38.5 Å². The molecular weight excluding hydrogens is 488 g/mol. The van der Waals surface area contributed by atoms with Gasteiger partial charge in [-0.15, -0.1) is 0 Å². The van der Waals surface area contributed by atoms with Crippen LogP contribution in [0.4, 0.5) is 9.59 Å². The molecule has 0 radical (unpaired) electrons. The Morgan fingerprint density at radius 2 is 1.39 bits per heavy atom. The van der Waals surface area contributed by atoms with Gasteiger partial charge >= 0.3 is 12.1 Å². The van der Waals surface area contributed by atoms with Crippen molar-refractivity contribution in [1.29, 1.82) is 0 Å². The molecule has 6 amide bonds. The largest absolute Gasteiger partial charge is 0.381 e. The Hall–Kier alpha value is -2.20. The van der Waals surface area contributed by atoms with E-state index >= 15 is 0 Å². The van der Waals surface area contributed by atoms with Gasteiger partial charge in [-0.2, -0.15) is 0 Å². The summed E-state index contributed by atoms with van der Waals surface area (Å²) in [5.74, 6) is -0.228. The SMILES string of the molecule is CCN1CC(=O)N(CC(C)(C)CCC(C)OCCCOCCCCC(C)(C)N2C(=O)CN(CC)C2=O)C1=O. The number of amides is 6. The molecule has 0 N–H and O–H groups in total. The molecule has 0 aliphatic carbocycles. The summed E-state index contributed by atoms with van der Waals surface area (Å²) < 4.78 is 11.7. The third kappa shape index (κ3) is 8.93. The van der Waals surface area contributed by atoms with Crippen LogP contribution in [0, 0.1) is 5.41 Å². The molecule has 2 rings (SSSR count). The van der Waals surface area contributed by atoms with Crippen LogP contribution >= 0.6 is 0 Å². The van der Waals surface area contributed by atoms with Gasteiger partial charge in [0, 0.05) is 45.0 Å². The summed E-state index contributed by atoms with van der Waals surface area (Å²) in [4.78, 5) is 55.3. The Bertz CT molecular complexity index is 830. The zero-order chi connectivity index (χ0) is 28.5. The Kier molecular flexibility index (Phi) is 12.0. The maximum absolute atomic E-state index is 12.4. The quantitative estimate of drug-likeness (QED) is 0.192. The van der Waals surface area contributed by atoms with Crippen molar-refractivity contribution in [2.75, 3.05) is 52.5 Å². The number of carbonyl (C=O) groups is 4. The van der Waals surface area contributed by atoms with Crippen molar-refractivity contribution < 1.29 is 28.7 Å². The van der Waals surface area contributed by atoms with Gasteiger partial charge in [-0.3, -0.25) is 19.4 Å². The minimum Gasteiger partial charge on any atom is -0.381 e. The fourth-order valence-electron chi connectivity index (χ4n) is 5.00. The van der Waals surface area contributed by atoms with Crippen LogP contribution in [0.5, 0.6) is 0 Å². The maximum Gasteiger partial charge on any atom is 0.327 e. The Labute approximate surface area is 228 Å². The lowest BCUT2D eigenvalue weighted by molar-refractivity contribution is -0.129. The zero-order valence-electron chi connectivity index (χ0n) is 24.7. The van der Waals surface area contributed by atoms with Crippen molar-refractivity contribution in [2.45, 2.75) is 98.6 Å². The van der Waals surface area contributed by atoms with E-state index < -0.39 is 5.54 Å². The number of likely N-dealkylation sites (N-methyl/N-ethyl adjacent to an activating group) is 2. The van der Waals surface area contributed by atoms with Crippen molar-refractivity contribution in [1.82, 2.24) is 19.6 Å². The van der Waals surface area contributed by atoms with Crippen LogP contribution in [0.25, 0.3) is 0 Å². The zero-order valence-corrected chi connectivity index (χ0v) is 24.7. The lowest BCUT2D eigenvalue weighted by Gasteiger charge is -2.33. The number of rotatable bonds is 18. The second-order valence-corrected chi connectivity index (χ2v) is 11.9. The predicted molar refractivity (Wildman–Crippen MR) is 146 cm³/mol. The molecule has 2 saturated heterocycles. The number of ether oxygens (including phenoxy) is 2. The van der Waals surface area contributed by atoms with Gasteiger partial charge in [0.2, 0.25) is 5.91 Å². The van der Waals surface area contributed by atoms with Crippen LogP contribution in [-0.4, -0.2) is 108 Å². The van der Waals surface area contributed by atoms with E-state index in [1.54, 1.807) is 9.80 Å². The van der Waals surface area contributed by atoms with Crippen molar-refractivity contribution in [3.05, 3.63) is 0 Å². The van der Waals surface area contributed by atoms with Crippen LogP contribution in [0.1, 0.15) is 87.0 Å². The summed E-state index contributed by atoms with van der Waals surface area (Å²) in [7, 11) is 0. The lowest BCUT2D eigenvalue weighted by Crippen LogP contribution is -2.48. The average Bonchev–Trinajstić information content (AvgIpc) is 3.30. The molecule has 0 bridgehead atoms. The van der Waals surface area contributed by atoms with Crippen molar-refractivity contribution in [3.63, 3.8) is 0 Å². The second-order valence-electron chi connectivity index (χ2n) is 11.9. The average molecular weight is 539 g/mol. The fourth-order valence-corrected chi connectivity index (χ4v) is 5.00. The number of carbonyl (C=O) groups excluding carboxylic acids is 4. The minimum atomic E-state index is -0.494. The van der Waals surface area contributed by atoms with E-state index in [0.29, 0.717) is 39.5 Å². The third-order valence-electron chi connectivity index (χ3n) is 7.51. The summed E-state index contributed by atoms with van der Waals surface area (Å²) in [6.45, 7) is 17.7. The van der Waals surface area contributed by atoms with Crippen LogP contribution in [0.15, 0.2) is 0 Å². The van der Waals surface area contributed by atoms with Crippen molar-refractivity contribution in [2.24, 2.45) is 5.41 Å². The maximum atomic E-state index is 12.4. The van der Waals surface area contributed by atoms with Gasteiger partial charge in [0.05, 0.1) is 6.10 Å². The number of imide groups is 2. The monoisotopic (exact) mass is 538 g/mol. The summed E-state index contributed by atoms with van der Waals surface area (Å²) in [6, 6.07) is -0.365. The van der Waals surface area contributed by atoms with E-state index in [9.17, 15) is 19.2 Å². The first-order valence-electron chi connectivity index (χ1n) is 14.2. The summed E-state index contributed by atoms with van der Waals surface area (Å²) in [5, 5.41) is 0. The Morgan fingerprint density at radius 1 is 0.789 bits per heavy atom. The molecule has 38 heavy (non-hydrogen) atoms. The van der Waals surface area contributed by atoms with Crippen LogP contribution < -0.4 is 0 Å². The summed E-state index contributed by atoms with van der Waals surface area (Å²) in [5.41, 5.74) is -0.666. The molecule has 0 aromatic heterocycles. The molecule has 10 nitrogen and oxygen atoms in total. The van der Waals surface area contributed by atoms with E-state index in [2.05, 4.69) is 20.8 Å². The number of hydrogen-bond acceptors (Lipinski definition) is 6. The molecule has 0 saturated carbocycles. The topological polar surface area (TPSA) is 99.7 Å². The fraction of sp³-hybridized carbons (Fsp3) is 0.857. The first kappa shape index (κ1) is 32.0. The number of nitrogens with zero attached hydrogens (tertiary/aromatic N) is 4. The minimum absolute atomic E-state index is 0.0910. The van der Waals surface area contributed by atoms with Gasteiger partial charge in [-0.05, 0) is 78.6 Å². The number of unbranched alkanes of at least 4 members (excludes halogenated alkanes) is 1. The summed E-state index contributed by atoms with van der Waals surface area (Å²) in [6.07, 6.45) is 5.12. The normalized spacial score (nSPS) is 18.0. The molecule has 0 aromatic carbocycles. The standard InChI is InChI=1S/C28H50N4O6/c1-8-29-19-23(33)31(25(29)35)21-27(4,5)15-13-22(3)38-18-12-17-37-16-11-10-14-28(6,7)32-24(34)20-30(9-2)26(32)36/h22H,8-21H2,1-7H3. The van der Waals surface area contributed by atoms with Crippen LogP contribution in [0.3, 0.4) is 0 Å². The molecular formula is C28H50N4O6. The smallest absolute Gasteiger partial charge is 0.327 e. The number of hydrogen-bond donors (Lipinski definition) is 0. The molecule has 2 aliphatic heterocycles. The van der Waals surface area contributed by atoms with E-state index in [1.807, 2.05) is 27.7 Å².